The molecule has 0 aromatic rings. The predicted octanol–water partition coefficient (Wildman–Crippen LogP) is 11.0. The Labute approximate surface area is 479 Å². The van der Waals surface area contributed by atoms with E-state index in [0.29, 0.717) is 39.6 Å². The Morgan fingerprint density at radius 1 is 0.456 bits per heavy atom. The van der Waals surface area contributed by atoms with E-state index in [1.165, 1.54) is 116 Å². The maximum Gasteiger partial charge on any atom is 0.319 e. The molecule has 7 atom stereocenters. The van der Waals surface area contributed by atoms with Crippen molar-refractivity contribution in [2.75, 3.05) is 112 Å². The average Bonchev–Trinajstić information content (AvgIpc) is 3.41. The van der Waals surface area contributed by atoms with Crippen molar-refractivity contribution >= 4 is 18.0 Å². The van der Waals surface area contributed by atoms with E-state index < -0.39 is 35.4 Å². The van der Waals surface area contributed by atoms with Gasteiger partial charge in [0.1, 0.15) is 19.8 Å². The first-order valence-corrected chi connectivity index (χ1v) is 33.7. The summed E-state index contributed by atoms with van der Waals surface area (Å²) in [6.45, 7) is 21.8. The van der Waals surface area contributed by atoms with Gasteiger partial charge in [-0.1, -0.05) is 150 Å². The maximum absolute atomic E-state index is 11.1. The Hall–Kier alpha value is -0.500. The highest BCUT2D eigenvalue weighted by Crippen LogP contribution is 2.39. The van der Waals surface area contributed by atoms with Gasteiger partial charge in [-0.15, -0.1) is 0 Å². The van der Waals surface area contributed by atoms with Gasteiger partial charge in [0.25, 0.3) is 0 Å². The third kappa shape index (κ3) is 45.5. The first-order valence-electron chi connectivity index (χ1n) is 30.6. The molecule has 0 aromatic heterocycles. The summed E-state index contributed by atoms with van der Waals surface area (Å²) in [4.78, 5) is 9.04. The smallest absolute Gasteiger partial charge is 0.319 e. The van der Waals surface area contributed by atoms with E-state index in [9.17, 15) is 22.8 Å². The summed E-state index contributed by atoms with van der Waals surface area (Å²) in [5, 5.41) is 10.0. The standard InChI is InChI=1S/C20H40O4.C19H39O8P.C18H36O8S/c1-4-6-8-9-10-11-12-15-21-17-19-13-16-23-20(3,24-19)18-22-14-7-5-2;1-3-4-5-6-7-8-9-12-23-16-18-11-14-25-19(2,26-18)17-24-13-10-15-28(21,22)27-20;1-3-4-5-6-7-8-9-11-22-15-17-10-12-24-18(2,26-17)16-23-13-14-25-27(19,20)21/h19H,4-18H2,1-3H3;18,20H,3-17H2,1-2H3,(H,21,22);17H,3-16H2,1-2H3,(H,19,20,21)/p-2. The van der Waals surface area contributed by atoms with Gasteiger partial charge in [-0.05, 0) is 72.1 Å². The molecule has 474 valence electrons. The monoisotopic (exact) mass is 1180 g/mol. The molecule has 1 N–H and O–H groups in total. The molecule has 3 aliphatic rings. The summed E-state index contributed by atoms with van der Waals surface area (Å²) >= 11 is 0. The van der Waals surface area contributed by atoms with Crippen LogP contribution < -0.4 is 5.26 Å². The Morgan fingerprint density at radius 3 is 1.09 bits per heavy atom. The lowest BCUT2D eigenvalue weighted by Gasteiger charge is -2.38. The highest BCUT2D eigenvalue weighted by atomic mass is 32.3. The molecule has 3 heterocycles. The second-order valence-corrected chi connectivity index (χ2v) is 24.6. The van der Waals surface area contributed by atoms with Gasteiger partial charge in [0.2, 0.25) is 10.4 Å². The molecule has 0 saturated carbocycles. The topological polar surface area (TPSA) is 247 Å². The third-order valence-corrected chi connectivity index (χ3v) is 15.0. The van der Waals surface area contributed by atoms with Crippen molar-refractivity contribution in [2.24, 2.45) is 0 Å². The molecule has 0 bridgehead atoms. The van der Waals surface area contributed by atoms with Crippen LogP contribution in [-0.4, -0.2) is 165 Å². The molecule has 0 spiro atoms. The zero-order chi connectivity index (χ0) is 58.2. The van der Waals surface area contributed by atoms with Crippen LogP contribution >= 0.6 is 7.60 Å². The molecule has 0 aromatic carbocycles. The fraction of sp³-hybridized carbons (Fsp3) is 1.00. The van der Waals surface area contributed by atoms with Gasteiger partial charge in [0.05, 0.1) is 77.3 Å². The lowest BCUT2D eigenvalue weighted by atomic mass is 10.1. The molecule has 79 heavy (non-hydrogen) atoms. The van der Waals surface area contributed by atoms with Gasteiger partial charge >= 0.3 is 7.60 Å². The molecule has 0 radical (unpaired) electrons. The first-order chi connectivity index (χ1) is 38.0. The van der Waals surface area contributed by atoms with E-state index in [1.807, 2.05) is 13.8 Å². The van der Waals surface area contributed by atoms with Crippen LogP contribution in [0.4, 0.5) is 0 Å². The molecule has 3 saturated heterocycles. The number of ether oxygens (including phenoxy) is 12. The normalized spacial score (nSPS) is 24.3. The highest BCUT2D eigenvalue weighted by Gasteiger charge is 2.37. The number of hydrogen-bond donors (Lipinski definition) is 1. The van der Waals surface area contributed by atoms with Crippen molar-refractivity contribution in [1.29, 1.82) is 0 Å². The fourth-order valence-electron chi connectivity index (χ4n) is 8.88. The highest BCUT2D eigenvalue weighted by molar-refractivity contribution is 7.80. The molecule has 0 aliphatic carbocycles. The van der Waals surface area contributed by atoms with E-state index in [0.717, 1.165) is 84.4 Å². The van der Waals surface area contributed by atoms with E-state index in [1.54, 1.807) is 6.92 Å². The summed E-state index contributed by atoms with van der Waals surface area (Å²) in [5.41, 5.74) is 0. The van der Waals surface area contributed by atoms with E-state index in [2.05, 4.69) is 36.6 Å². The van der Waals surface area contributed by atoms with Crippen molar-refractivity contribution in [1.82, 2.24) is 0 Å². The van der Waals surface area contributed by atoms with Crippen LogP contribution in [0.15, 0.2) is 0 Å². The minimum absolute atomic E-state index is 0.0292. The minimum atomic E-state index is -4.69. The predicted molar refractivity (Wildman–Crippen MR) is 301 cm³/mol. The van der Waals surface area contributed by atoms with Gasteiger partial charge in [0.15, 0.2) is 17.4 Å². The van der Waals surface area contributed by atoms with Crippen molar-refractivity contribution in [3.05, 3.63) is 0 Å². The molecule has 22 heteroatoms. The van der Waals surface area contributed by atoms with Crippen LogP contribution in [-0.2, 0) is 80.7 Å². The largest absolute Gasteiger partial charge is 0.726 e. The quantitative estimate of drug-likeness (QED) is 0.0148. The van der Waals surface area contributed by atoms with E-state index in [4.69, 9.17) is 61.7 Å². The van der Waals surface area contributed by atoms with Crippen molar-refractivity contribution in [3.8, 4) is 0 Å². The van der Waals surface area contributed by atoms with Crippen molar-refractivity contribution in [2.45, 2.75) is 258 Å². The number of hydrogen-bond acceptors (Lipinski definition) is 19. The first kappa shape index (κ1) is 76.5. The van der Waals surface area contributed by atoms with Gasteiger partial charge in [0, 0.05) is 33.0 Å². The SMILES string of the molecule is CCCCCCCCCOCC1CCOC(C)(COCCCC)O1.CCCCCCCCCOCC1CCOC(C)(COCCCP(=O)(O)O[O-])O1.CCCCCCCCCOCC1CCOC(C)(COCCOS(=O)(=O)[O-])O1. The molecule has 3 fully saturated rings. The van der Waals surface area contributed by atoms with E-state index in [-0.39, 0.29) is 63.9 Å². The summed E-state index contributed by atoms with van der Waals surface area (Å²) in [7, 11) is -8.70. The van der Waals surface area contributed by atoms with Crippen LogP contribution in [0.25, 0.3) is 0 Å². The van der Waals surface area contributed by atoms with Gasteiger partial charge in [-0.2, -0.15) is 0 Å². The maximum atomic E-state index is 11.1. The van der Waals surface area contributed by atoms with Gasteiger partial charge in [-0.25, -0.2) is 8.42 Å². The molecule has 20 nitrogen and oxygen atoms in total. The van der Waals surface area contributed by atoms with Crippen LogP contribution in [0.3, 0.4) is 0 Å². The molecule has 0 amide bonds. The van der Waals surface area contributed by atoms with Gasteiger partial charge < -0.3 is 76.2 Å². The summed E-state index contributed by atoms with van der Waals surface area (Å²) < 4.78 is 118. The van der Waals surface area contributed by atoms with Crippen molar-refractivity contribution < 1.29 is 93.4 Å². The molecule has 3 aliphatic heterocycles. The number of unbranched alkanes of at least 4 members (excludes halogenated alkanes) is 19. The molecule has 7 unspecified atom stereocenters. The second-order valence-electron chi connectivity index (χ2n) is 21.7. The summed E-state index contributed by atoms with van der Waals surface area (Å²) in [6, 6.07) is 0. The zero-order valence-electron chi connectivity index (χ0n) is 50.4. The third-order valence-electron chi connectivity index (χ3n) is 13.4. The Morgan fingerprint density at radius 2 is 0.759 bits per heavy atom. The molecular weight excluding hydrogens is 1070 g/mol. The fourth-order valence-corrected chi connectivity index (χ4v) is 9.76. The Balaban J connectivity index is 0.000000594. The Bertz CT molecular complexity index is 1540. The summed E-state index contributed by atoms with van der Waals surface area (Å²) in [6.07, 6.45) is 31.5. The van der Waals surface area contributed by atoms with Crippen LogP contribution in [0, 0.1) is 0 Å². The minimum Gasteiger partial charge on any atom is -0.726 e. The second kappa shape index (κ2) is 48.7. The van der Waals surface area contributed by atoms with Crippen LogP contribution in [0.2, 0.25) is 0 Å². The van der Waals surface area contributed by atoms with Crippen molar-refractivity contribution in [3.63, 3.8) is 0 Å². The lowest BCUT2D eigenvalue weighted by Crippen LogP contribution is -2.47. The van der Waals surface area contributed by atoms with Gasteiger partial charge in [-0.3, -0.25) is 8.75 Å². The lowest BCUT2D eigenvalue weighted by molar-refractivity contribution is -0.640. The Kier molecular flexibility index (Phi) is 47.2. The average molecular weight is 1180 g/mol. The van der Waals surface area contributed by atoms with Crippen LogP contribution in [0.1, 0.15) is 222 Å². The number of rotatable bonds is 48. The van der Waals surface area contributed by atoms with E-state index >= 15 is 0 Å². The summed E-state index contributed by atoms with van der Waals surface area (Å²) in [5.74, 6) is -2.38. The molecular formula is C57H113O20PS-2. The van der Waals surface area contributed by atoms with Crippen LogP contribution in [0.5, 0.6) is 0 Å². The zero-order valence-corrected chi connectivity index (χ0v) is 52.1. The molecule has 3 rings (SSSR count).